The van der Waals surface area contributed by atoms with Crippen molar-refractivity contribution in [2.45, 2.75) is 33.3 Å². The fraction of sp³-hybridized carbons (Fsp3) is 0.370. The van der Waals surface area contributed by atoms with Crippen LogP contribution in [0.25, 0.3) is 11.0 Å². The van der Waals surface area contributed by atoms with Gasteiger partial charge in [-0.2, -0.15) is 10.1 Å². The number of amides is 1. The van der Waals surface area contributed by atoms with Crippen molar-refractivity contribution in [2.75, 3.05) is 41.7 Å². The molecule has 5 heterocycles. The molecule has 4 aromatic heterocycles. The Kier molecular flexibility index (Phi) is 7.30. The van der Waals surface area contributed by atoms with E-state index in [2.05, 4.69) is 40.6 Å². The number of nitrogens with one attached hydrogen (secondary N) is 2. The van der Waals surface area contributed by atoms with E-state index in [4.69, 9.17) is 4.74 Å². The van der Waals surface area contributed by atoms with Crippen LogP contribution in [-0.2, 0) is 11.8 Å². The first kappa shape index (κ1) is 27.6. The van der Waals surface area contributed by atoms with Crippen LogP contribution in [-0.4, -0.2) is 83.6 Å². The number of carbonyl (C=O) groups is 2. The molecule has 0 atom stereocenters. The van der Waals surface area contributed by atoms with Crippen LogP contribution in [0.3, 0.4) is 0 Å². The zero-order valence-electron chi connectivity index (χ0n) is 23.5. The van der Waals surface area contributed by atoms with Gasteiger partial charge in [-0.3, -0.25) is 4.98 Å². The molecule has 0 spiro atoms. The molecule has 41 heavy (non-hydrogen) atoms. The summed E-state index contributed by atoms with van der Waals surface area (Å²) >= 11 is 0. The van der Waals surface area contributed by atoms with Crippen LogP contribution in [0.2, 0.25) is 0 Å². The smallest absolute Gasteiger partial charge is 0.410 e. The summed E-state index contributed by atoms with van der Waals surface area (Å²) in [6.45, 7) is 9.80. The number of nitrogens with zero attached hydrogens (tertiary/aromatic N) is 8. The van der Waals surface area contributed by atoms with Crippen LogP contribution in [0, 0.1) is 6.92 Å². The monoisotopic (exact) mass is 560 g/mol. The molecule has 214 valence electrons. The number of carboxylic acids is 1. The van der Waals surface area contributed by atoms with Gasteiger partial charge in [0.25, 0.3) is 0 Å². The molecule has 0 bridgehead atoms. The van der Waals surface area contributed by atoms with Gasteiger partial charge in [0.2, 0.25) is 5.95 Å². The van der Waals surface area contributed by atoms with Gasteiger partial charge < -0.3 is 30.3 Å². The number of hydrogen-bond donors (Lipinski definition) is 3. The van der Waals surface area contributed by atoms with Crippen LogP contribution >= 0.6 is 0 Å². The minimum Gasteiger partial charge on any atom is -0.478 e. The van der Waals surface area contributed by atoms with Crippen LogP contribution in [0.15, 0.2) is 36.8 Å². The van der Waals surface area contributed by atoms with Gasteiger partial charge in [0, 0.05) is 45.6 Å². The summed E-state index contributed by atoms with van der Waals surface area (Å²) in [6, 6.07) is 5.33. The van der Waals surface area contributed by atoms with E-state index >= 15 is 0 Å². The molecule has 5 rings (SSSR count). The Morgan fingerprint density at radius 1 is 1.00 bits per heavy atom. The van der Waals surface area contributed by atoms with Gasteiger partial charge in [-0.05, 0) is 45.9 Å². The molecule has 0 saturated carbocycles. The van der Waals surface area contributed by atoms with Crippen molar-refractivity contribution in [3.8, 4) is 0 Å². The molecule has 1 amide bonds. The van der Waals surface area contributed by atoms with Gasteiger partial charge in [0.15, 0.2) is 11.5 Å². The van der Waals surface area contributed by atoms with Crippen molar-refractivity contribution in [3.63, 3.8) is 0 Å². The number of rotatable bonds is 6. The van der Waals surface area contributed by atoms with Crippen LogP contribution in [0.5, 0.6) is 0 Å². The van der Waals surface area contributed by atoms with Gasteiger partial charge in [-0.1, -0.05) is 0 Å². The maximum atomic E-state index is 12.3. The zero-order chi connectivity index (χ0) is 29.3. The average Bonchev–Trinajstić information content (AvgIpc) is 3.23. The topological polar surface area (TPSA) is 164 Å². The second kappa shape index (κ2) is 10.9. The van der Waals surface area contributed by atoms with E-state index in [1.165, 1.54) is 12.3 Å². The van der Waals surface area contributed by atoms with Crippen LogP contribution in [0.1, 0.15) is 36.8 Å². The second-order valence-corrected chi connectivity index (χ2v) is 10.7. The summed E-state index contributed by atoms with van der Waals surface area (Å²) in [7, 11) is 1.77. The van der Waals surface area contributed by atoms with Crippen molar-refractivity contribution in [2.24, 2.45) is 7.05 Å². The minimum atomic E-state index is -1.06. The first-order chi connectivity index (χ1) is 19.5. The Balaban J connectivity index is 1.24. The Labute approximate surface area is 236 Å². The van der Waals surface area contributed by atoms with Crippen LogP contribution in [0.4, 0.5) is 33.8 Å². The molecule has 0 aromatic carbocycles. The fourth-order valence-electron chi connectivity index (χ4n) is 4.32. The molecule has 1 aliphatic rings. The van der Waals surface area contributed by atoms with Crippen LogP contribution < -0.4 is 15.5 Å². The number of aryl methyl sites for hydroxylation is 2. The SMILES string of the molecule is Cc1ncc(C(=O)O)cc1Nc1nn(C)c2nc(Nc3ccc(N4CCN(C(=O)OC(C)(C)C)CC4)nc3)ncc12. The third-order valence-electron chi connectivity index (χ3n) is 6.43. The molecule has 0 aliphatic carbocycles. The quantitative estimate of drug-likeness (QED) is 0.314. The van der Waals surface area contributed by atoms with E-state index in [1.807, 2.05) is 32.9 Å². The van der Waals surface area contributed by atoms with E-state index in [9.17, 15) is 14.7 Å². The Bertz CT molecular complexity index is 1590. The molecular weight excluding hydrogens is 528 g/mol. The molecule has 0 unspecified atom stereocenters. The van der Waals surface area contributed by atoms with E-state index in [-0.39, 0.29) is 11.7 Å². The molecule has 4 aromatic rings. The lowest BCUT2D eigenvalue weighted by molar-refractivity contribution is 0.0240. The first-order valence-corrected chi connectivity index (χ1v) is 13.1. The normalized spacial score (nSPS) is 13.8. The summed E-state index contributed by atoms with van der Waals surface area (Å²) in [5, 5.41) is 20.8. The predicted molar refractivity (Wildman–Crippen MR) is 153 cm³/mol. The van der Waals surface area contributed by atoms with E-state index in [1.54, 1.807) is 35.9 Å². The Morgan fingerprint density at radius 3 is 2.41 bits per heavy atom. The van der Waals surface area contributed by atoms with E-state index in [0.717, 1.165) is 5.82 Å². The van der Waals surface area contributed by atoms with Crippen molar-refractivity contribution in [1.82, 2.24) is 34.6 Å². The summed E-state index contributed by atoms with van der Waals surface area (Å²) in [4.78, 5) is 45.3. The van der Waals surface area contributed by atoms with Crippen molar-refractivity contribution in [3.05, 3.63) is 48.0 Å². The third kappa shape index (κ3) is 6.26. The first-order valence-electron chi connectivity index (χ1n) is 13.1. The molecule has 14 heteroatoms. The summed E-state index contributed by atoms with van der Waals surface area (Å²) in [5.41, 5.74) is 2.02. The molecule has 1 saturated heterocycles. The van der Waals surface area contributed by atoms with Gasteiger partial charge in [0.1, 0.15) is 11.4 Å². The second-order valence-electron chi connectivity index (χ2n) is 10.7. The van der Waals surface area contributed by atoms with Crippen molar-refractivity contribution >= 4 is 52.1 Å². The lowest BCUT2D eigenvalue weighted by Gasteiger charge is -2.36. The lowest BCUT2D eigenvalue weighted by Crippen LogP contribution is -2.50. The van der Waals surface area contributed by atoms with Gasteiger partial charge >= 0.3 is 12.1 Å². The highest BCUT2D eigenvalue weighted by Crippen LogP contribution is 2.27. The lowest BCUT2D eigenvalue weighted by atomic mass is 10.2. The minimum absolute atomic E-state index is 0.0729. The maximum Gasteiger partial charge on any atom is 0.410 e. The number of carboxylic acid groups (broad SMARTS) is 1. The molecule has 1 fully saturated rings. The van der Waals surface area contributed by atoms with Gasteiger partial charge in [0.05, 0.1) is 34.2 Å². The third-order valence-corrected chi connectivity index (χ3v) is 6.43. The summed E-state index contributed by atoms with van der Waals surface area (Å²) in [5.74, 6) is 0.612. The van der Waals surface area contributed by atoms with Crippen molar-refractivity contribution in [1.29, 1.82) is 0 Å². The molecule has 0 radical (unpaired) electrons. The highest BCUT2D eigenvalue weighted by Gasteiger charge is 2.26. The Morgan fingerprint density at radius 2 is 1.76 bits per heavy atom. The van der Waals surface area contributed by atoms with E-state index < -0.39 is 11.6 Å². The van der Waals surface area contributed by atoms with Gasteiger partial charge in [-0.25, -0.2) is 24.2 Å². The predicted octanol–water partition coefficient (Wildman–Crippen LogP) is 3.70. The number of piperazine rings is 1. The maximum absolute atomic E-state index is 12.3. The average molecular weight is 561 g/mol. The number of aromatic nitrogens is 6. The number of fused-ring (bicyclic) bond motifs is 1. The number of pyridine rings is 2. The number of carbonyl (C=O) groups excluding carboxylic acids is 1. The van der Waals surface area contributed by atoms with Crippen molar-refractivity contribution < 1.29 is 19.4 Å². The van der Waals surface area contributed by atoms with Gasteiger partial charge in [-0.15, -0.1) is 0 Å². The molecule has 1 aliphatic heterocycles. The Hall–Kier alpha value is -5.01. The number of aromatic carboxylic acids is 1. The molecular formula is C27H32N10O4. The molecule has 3 N–H and O–H groups in total. The highest BCUT2D eigenvalue weighted by molar-refractivity contribution is 5.92. The number of ether oxygens (including phenoxy) is 1. The highest BCUT2D eigenvalue weighted by atomic mass is 16.6. The molecule has 14 nitrogen and oxygen atoms in total. The standard InChI is InChI=1S/C27H32N10O4/c1-16-20(12-17(13-28-16)24(38)39)32-22-19-15-30-25(33-23(19)35(5)34-22)31-18-6-7-21(29-14-18)36-8-10-37(11-9-36)26(40)41-27(2,3)4/h6-7,12-15H,8-11H2,1-5H3,(H,32,34)(H,38,39)(H,30,31,33). The van der Waals surface area contributed by atoms with E-state index in [0.29, 0.717) is 66.0 Å². The fourth-order valence-corrected chi connectivity index (χ4v) is 4.32. The number of anilines is 5. The number of hydrogen-bond acceptors (Lipinski definition) is 11. The summed E-state index contributed by atoms with van der Waals surface area (Å²) < 4.78 is 7.09. The largest absolute Gasteiger partial charge is 0.478 e. The zero-order valence-corrected chi connectivity index (χ0v) is 23.5. The summed E-state index contributed by atoms with van der Waals surface area (Å²) in [6.07, 6.45) is 4.38.